The molecule has 3 aromatic carbocycles. The highest BCUT2D eigenvalue weighted by molar-refractivity contribution is 7.99. The second-order valence-corrected chi connectivity index (χ2v) is 8.16. The Hall–Kier alpha value is -2.54. The zero-order valence-electron chi connectivity index (χ0n) is 15.3. The minimum Gasteiger partial charge on any atom is -0.381 e. The maximum absolute atomic E-state index is 11.6. The topological polar surface area (TPSA) is 72.2 Å². The average molecular weight is 447 g/mol. The summed E-state index contributed by atoms with van der Waals surface area (Å²) in [4.78, 5) is 23.9. The van der Waals surface area contributed by atoms with Crippen LogP contribution in [-0.4, -0.2) is 10.7 Å². The van der Waals surface area contributed by atoms with E-state index in [1.165, 1.54) is 18.7 Å². The fourth-order valence-corrected chi connectivity index (χ4v) is 3.93. The number of Topliss-reactive ketones (excluding diaryl/α,β-unsaturated/α-hetero) is 1. The van der Waals surface area contributed by atoms with E-state index in [4.69, 9.17) is 23.2 Å². The number of anilines is 1. The van der Waals surface area contributed by atoms with Crippen molar-refractivity contribution >= 4 is 52.1 Å². The predicted molar refractivity (Wildman–Crippen MR) is 117 cm³/mol. The molecule has 0 amide bonds. The first-order valence-corrected chi connectivity index (χ1v) is 10.2. The third-order valence-corrected chi connectivity index (χ3v) is 5.90. The molecular formula is C21H16Cl2N2O3S. The molecule has 0 unspecified atom stereocenters. The van der Waals surface area contributed by atoms with Gasteiger partial charge in [0, 0.05) is 28.8 Å². The third kappa shape index (κ3) is 5.50. The van der Waals surface area contributed by atoms with E-state index in [9.17, 15) is 14.9 Å². The highest BCUT2D eigenvalue weighted by Gasteiger charge is 2.16. The Bertz CT molecular complexity index is 1090. The van der Waals surface area contributed by atoms with Gasteiger partial charge < -0.3 is 5.32 Å². The second-order valence-electron chi connectivity index (χ2n) is 6.23. The number of hydrogen-bond acceptors (Lipinski definition) is 5. The number of benzene rings is 3. The molecule has 0 bridgehead atoms. The van der Waals surface area contributed by atoms with Gasteiger partial charge in [0.1, 0.15) is 0 Å². The van der Waals surface area contributed by atoms with Crippen LogP contribution in [0.4, 0.5) is 11.4 Å². The lowest BCUT2D eigenvalue weighted by molar-refractivity contribution is -0.387. The maximum Gasteiger partial charge on any atom is 0.283 e. The molecule has 8 heteroatoms. The van der Waals surface area contributed by atoms with Crippen molar-refractivity contribution in [1.82, 2.24) is 0 Å². The van der Waals surface area contributed by atoms with Crippen LogP contribution in [-0.2, 0) is 6.54 Å². The summed E-state index contributed by atoms with van der Waals surface area (Å²) in [5.41, 5.74) is 2.14. The summed E-state index contributed by atoms with van der Waals surface area (Å²) in [6.07, 6.45) is 0. The molecule has 0 saturated heterocycles. The zero-order chi connectivity index (χ0) is 21.0. The van der Waals surface area contributed by atoms with Crippen LogP contribution in [0.2, 0.25) is 10.0 Å². The highest BCUT2D eigenvalue weighted by atomic mass is 35.5. The average Bonchev–Trinajstić information content (AvgIpc) is 2.70. The molecule has 3 rings (SSSR count). The Morgan fingerprint density at radius 3 is 2.55 bits per heavy atom. The first kappa shape index (κ1) is 21.2. The Morgan fingerprint density at radius 2 is 1.86 bits per heavy atom. The van der Waals surface area contributed by atoms with Gasteiger partial charge >= 0.3 is 0 Å². The molecule has 0 aliphatic carbocycles. The SMILES string of the molecule is CC(=O)c1cccc(NCc2ccc(Sc3ccc(Cl)c(Cl)c3)c([N+](=O)[O-])c2)c1. The quantitative estimate of drug-likeness (QED) is 0.243. The van der Waals surface area contributed by atoms with Gasteiger partial charge in [0.25, 0.3) is 5.69 Å². The van der Waals surface area contributed by atoms with E-state index < -0.39 is 4.92 Å². The molecule has 29 heavy (non-hydrogen) atoms. The number of carbonyl (C=O) groups excluding carboxylic acids is 1. The van der Waals surface area contributed by atoms with Gasteiger partial charge in [0.15, 0.2) is 5.78 Å². The molecule has 1 N–H and O–H groups in total. The molecule has 148 valence electrons. The van der Waals surface area contributed by atoms with Crippen molar-refractivity contribution in [2.45, 2.75) is 23.3 Å². The number of halogens is 2. The lowest BCUT2D eigenvalue weighted by Crippen LogP contribution is -2.02. The van der Waals surface area contributed by atoms with Crippen molar-refractivity contribution in [1.29, 1.82) is 0 Å². The smallest absolute Gasteiger partial charge is 0.283 e. The van der Waals surface area contributed by atoms with Crippen LogP contribution in [0.3, 0.4) is 0 Å². The molecule has 0 atom stereocenters. The fraction of sp³-hybridized carbons (Fsp3) is 0.0952. The summed E-state index contributed by atoms with van der Waals surface area (Å²) in [5, 5.41) is 15.6. The fourth-order valence-electron chi connectivity index (χ4n) is 2.62. The minimum absolute atomic E-state index is 0.0119. The van der Waals surface area contributed by atoms with Crippen LogP contribution >= 0.6 is 35.0 Å². The van der Waals surface area contributed by atoms with Gasteiger partial charge in [-0.3, -0.25) is 14.9 Å². The normalized spacial score (nSPS) is 10.6. The Balaban J connectivity index is 1.78. The predicted octanol–water partition coefficient (Wildman–Crippen LogP) is 6.87. The van der Waals surface area contributed by atoms with Crippen LogP contribution in [0.15, 0.2) is 70.5 Å². The molecule has 0 saturated carbocycles. The van der Waals surface area contributed by atoms with E-state index in [0.717, 1.165) is 16.1 Å². The van der Waals surface area contributed by atoms with Crippen LogP contribution in [0, 0.1) is 10.1 Å². The molecule has 0 spiro atoms. The second kappa shape index (κ2) is 9.31. The first-order valence-electron chi connectivity index (χ1n) is 8.58. The van der Waals surface area contributed by atoms with E-state index in [0.29, 0.717) is 27.0 Å². The number of hydrogen-bond donors (Lipinski definition) is 1. The van der Waals surface area contributed by atoms with Crippen LogP contribution in [0.1, 0.15) is 22.8 Å². The Kier molecular flexibility index (Phi) is 6.79. The summed E-state index contributed by atoms with van der Waals surface area (Å²) in [6, 6.07) is 17.3. The van der Waals surface area contributed by atoms with E-state index in [1.807, 2.05) is 12.1 Å². The van der Waals surface area contributed by atoms with Crippen molar-refractivity contribution in [2.75, 3.05) is 5.32 Å². The van der Waals surface area contributed by atoms with Gasteiger partial charge in [-0.25, -0.2) is 0 Å². The number of ketones is 1. The van der Waals surface area contributed by atoms with Gasteiger partial charge in [-0.1, -0.05) is 53.2 Å². The molecule has 0 aliphatic rings. The van der Waals surface area contributed by atoms with Crippen molar-refractivity contribution in [3.05, 3.63) is 92.0 Å². The van der Waals surface area contributed by atoms with Gasteiger partial charge in [-0.15, -0.1) is 0 Å². The first-order chi connectivity index (χ1) is 13.8. The molecule has 0 aromatic heterocycles. The zero-order valence-corrected chi connectivity index (χ0v) is 17.6. The molecule has 0 heterocycles. The summed E-state index contributed by atoms with van der Waals surface area (Å²) >= 11 is 13.2. The molecule has 0 radical (unpaired) electrons. The monoisotopic (exact) mass is 446 g/mol. The highest BCUT2D eigenvalue weighted by Crippen LogP contribution is 2.37. The van der Waals surface area contributed by atoms with Gasteiger partial charge in [0.2, 0.25) is 0 Å². The molecule has 5 nitrogen and oxygen atoms in total. The molecule has 0 fully saturated rings. The van der Waals surface area contributed by atoms with Crippen molar-refractivity contribution in [2.24, 2.45) is 0 Å². The van der Waals surface area contributed by atoms with Crippen molar-refractivity contribution in [3.63, 3.8) is 0 Å². The lowest BCUT2D eigenvalue weighted by atomic mass is 10.1. The van der Waals surface area contributed by atoms with E-state index >= 15 is 0 Å². The number of nitro groups is 1. The van der Waals surface area contributed by atoms with E-state index in [2.05, 4.69) is 5.32 Å². The van der Waals surface area contributed by atoms with Crippen LogP contribution < -0.4 is 5.32 Å². The number of nitro benzene ring substituents is 1. The number of carbonyl (C=O) groups is 1. The molecule has 0 aliphatic heterocycles. The minimum atomic E-state index is -0.403. The van der Waals surface area contributed by atoms with Crippen LogP contribution in [0.5, 0.6) is 0 Å². The van der Waals surface area contributed by atoms with E-state index in [-0.39, 0.29) is 11.5 Å². The van der Waals surface area contributed by atoms with Crippen molar-refractivity contribution < 1.29 is 9.72 Å². The standard InChI is InChI=1S/C21H16Cl2N2O3S/c1-13(26)15-3-2-4-16(10-15)24-12-14-5-8-21(20(9-14)25(27)28)29-17-6-7-18(22)19(23)11-17/h2-11,24H,12H2,1H3. The number of rotatable bonds is 7. The van der Waals surface area contributed by atoms with Gasteiger partial charge in [-0.2, -0.15) is 0 Å². The number of nitrogens with zero attached hydrogens (tertiary/aromatic N) is 1. The maximum atomic E-state index is 11.6. The van der Waals surface area contributed by atoms with Crippen molar-refractivity contribution in [3.8, 4) is 0 Å². The summed E-state index contributed by atoms with van der Waals surface area (Å²) in [7, 11) is 0. The lowest BCUT2D eigenvalue weighted by Gasteiger charge is -2.09. The van der Waals surface area contributed by atoms with E-state index in [1.54, 1.807) is 48.5 Å². The Labute approximate surface area is 182 Å². The third-order valence-electron chi connectivity index (χ3n) is 4.10. The summed E-state index contributed by atoms with van der Waals surface area (Å²) in [6.45, 7) is 1.90. The number of nitrogens with one attached hydrogen (secondary N) is 1. The summed E-state index contributed by atoms with van der Waals surface area (Å²) in [5.74, 6) is -0.0204. The van der Waals surface area contributed by atoms with Gasteiger partial charge in [-0.05, 0) is 48.9 Å². The van der Waals surface area contributed by atoms with Gasteiger partial charge in [0.05, 0.1) is 19.9 Å². The largest absolute Gasteiger partial charge is 0.381 e. The summed E-state index contributed by atoms with van der Waals surface area (Å²) < 4.78 is 0. The molecular weight excluding hydrogens is 431 g/mol. The molecule has 3 aromatic rings. The van der Waals surface area contributed by atoms with Crippen LogP contribution in [0.25, 0.3) is 0 Å². The Morgan fingerprint density at radius 1 is 1.07 bits per heavy atom.